The zero-order chi connectivity index (χ0) is 17.7. The van der Waals surface area contributed by atoms with Crippen LogP contribution < -0.4 is 5.32 Å². The van der Waals surface area contributed by atoms with Crippen molar-refractivity contribution in [1.29, 1.82) is 0 Å². The molecular weight excluding hydrogens is 310 g/mol. The number of carbonyl (C=O) groups is 3. The molecule has 0 bridgehead atoms. The molecule has 24 heavy (non-hydrogen) atoms. The summed E-state index contributed by atoms with van der Waals surface area (Å²) in [6.07, 6.45) is 2.30. The van der Waals surface area contributed by atoms with Crippen molar-refractivity contribution in [2.75, 3.05) is 32.6 Å². The van der Waals surface area contributed by atoms with Crippen LogP contribution in [0.15, 0.2) is 36.0 Å². The van der Waals surface area contributed by atoms with Crippen LogP contribution in [0.25, 0.3) is 0 Å². The molecule has 1 aromatic rings. The van der Waals surface area contributed by atoms with E-state index >= 15 is 0 Å². The lowest BCUT2D eigenvalue weighted by atomic mass is 10.1. The van der Waals surface area contributed by atoms with E-state index in [1.807, 2.05) is 12.1 Å². The fourth-order valence-corrected chi connectivity index (χ4v) is 2.30. The van der Waals surface area contributed by atoms with E-state index in [1.54, 1.807) is 31.1 Å². The van der Waals surface area contributed by atoms with Gasteiger partial charge in [-0.25, -0.2) is 0 Å². The molecule has 3 amide bonds. The molecule has 1 aliphatic heterocycles. The second kappa shape index (κ2) is 7.74. The summed E-state index contributed by atoms with van der Waals surface area (Å²) in [4.78, 5) is 37.8. The minimum Gasteiger partial charge on any atom is -0.395 e. The Hall–Kier alpha value is -2.67. The summed E-state index contributed by atoms with van der Waals surface area (Å²) in [5, 5.41) is 11.8. The van der Waals surface area contributed by atoms with Gasteiger partial charge in [-0.15, -0.1) is 0 Å². The van der Waals surface area contributed by atoms with Gasteiger partial charge in [-0.1, -0.05) is 12.1 Å². The highest BCUT2D eigenvalue weighted by Gasteiger charge is 2.30. The summed E-state index contributed by atoms with van der Waals surface area (Å²) in [7, 11) is 3.45. The first-order valence-corrected chi connectivity index (χ1v) is 7.67. The molecule has 7 nitrogen and oxygen atoms in total. The van der Waals surface area contributed by atoms with Crippen LogP contribution in [0.5, 0.6) is 0 Å². The van der Waals surface area contributed by atoms with Crippen LogP contribution in [0, 0.1) is 0 Å². The summed E-state index contributed by atoms with van der Waals surface area (Å²) in [5.74, 6) is -0.813. The highest BCUT2D eigenvalue weighted by molar-refractivity contribution is 6.17. The van der Waals surface area contributed by atoms with Crippen molar-refractivity contribution < 1.29 is 19.5 Å². The van der Waals surface area contributed by atoms with Crippen LogP contribution in [0.3, 0.4) is 0 Å². The van der Waals surface area contributed by atoms with Gasteiger partial charge in [0.1, 0.15) is 5.70 Å². The first-order chi connectivity index (χ1) is 11.4. The first kappa shape index (κ1) is 17.7. The second-order valence-electron chi connectivity index (χ2n) is 5.69. The van der Waals surface area contributed by atoms with Crippen LogP contribution in [0.2, 0.25) is 0 Å². The molecule has 0 radical (unpaired) electrons. The molecule has 0 aromatic heterocycles. The zero-order valence-corrected chi connectivity index (χ0v) is 13.8. The molecule has 1 heterocycles. The molecule has 1 aliphatic rings. The molecule has 1 aromatic carbocycles. The SMILES string of the molecule is CN(C)C(=O)CCc1ccc(NC2=CC(=O)N(CCO)C2=O)cc1. The number of aryl methyl sites for hydroxylation is 1. The summed E-state index contributed by atoms with van der Waals surface area (Å²) >= 11 is 0. The number of nitrogens with zero attached hydrogens (tertiary/aromatic N) is 2. The van der Waals surface area contributed by atoms with Gasteiger partial charge in [0, 0.05) is 32.3 Å². The molecule has 0 spiro atoms. The van der Waals surface area contributed by atoms with E-state index < -0.39 is 11.8 Å². The Labute approximate surface area is 140 Å². The number of rotatable bonds is 7. The van der Waals surface area contributed by atoms with E-state index in [2.05, 4.69) is 5.32 Å². The lowest BCUT2D eigenvalue weighted by Crippen LogP contribution is -2.34. The Kier molecular flexibility index (Phi) is 5.70. The van der Waals surface area contributed by atoms with E-state index in [0.29, 0.717) is 18.5 Å². The minimum atomic E-state index is -0.449. The number of anilines is 1. The van der Waals surface area contributed by atoms with Crippen LogP contribution in [0.4, 0.5) is 5.69 Å². The van der Waals surface area contributed by atoms with Gasteiger partial charge in [0.05, 0.1) is 13.2 Å². The third-order valence-electron chi connectivity index (χ3n) is 3.69. The maximum absolute atomic E-state index is 12.0. The Morgan fingerprint density at radius 2 is 1.88 bits per heavy atom. The Morgan fingerprint density at radius 3 is 2.46 bits per heavy atom. The predicted molar refractivity (Wildman–Crippen MR) is 89.0 cm³/mol. The van der Waals surface area contributed by atoms with Crippen molar-refractivity contribution in [1.82, 2.24) is 9.80 Å². The lowest BCUT2D eigenvalue weighted by Gasteiger charge is -2.13. The molecule has 0 saturated heterocycles. The van der Waals surface area contributed by atoms with Crippen molar-refractivity contribution in [3.05, 3.63) is 41.6 Å². The molecule has 0 aliphatic carbocycles. The lowest BCUT2D eigenvalue weighted by molar-refractivity contribution is -0.137. The van der Waals surface area contributed by atoms with Crippen molar-refractivity contribution in [2.45, 2.75) is 12.8 Å². The Balaban J connectivity index is 1.95. The monoisotopic (exact) mass is 331 g/mol. The molecule has 128 valence electrons. The van der Waals surface area contributed by atoms with Crippen molar-refractivity contribution in [2.24, 2.45) is 0 Å². The van der Waals surface area contributed by atoms with E-state index in [1.165, 1.54) is 6.08 Å². The van der Waals surface area contributed by atoms with Crippen molar-refractivity contribution >= 4 is 23.4 Å². The molecule has 0 fully saturated rings. The van der Waals surface area contributed by atoms with Crippen LogP contribution >= 0.6 is 0 Å². The average Bonchev–Trinajstić information content (AvgIpc) is 2.81. The van der Waals surface area contributed by atoms with Gasteiger partial charge < -0.3 is 15.3 Å². The predicted octanol–water partition coefficient (Wildman–Crippen LogP) is 0.364. The summed E-state index contributed by atoms with van der Waals surface area (Å²) in [5.41, 5.74) is 1.88. The summed E-state index contributed by atoms with van der Waals surface area (Å²) < 4.78 is 0. The van der Waals surface area contributed by atoms with Gasteiger partial charge >= 0.3 is 0 Å². The van der Waals surface area contributed by atoms with Crippen molar-refractivity contribution in [3.8, 4) is 0 Å². The topological polar surface area (TPSA) is 90.0 Å². The maximum Gasteiger partial charge on any atom is 0.277 e. The summed E-state index contributed by atoms with van der Waals surface area (Å²) in [6, 6.07) is 7.34. The fraction of sp³-hybridized carbons (Fsp3) is 0.353. The van der Waals surface area contributed by atoms with E-state index in [9.17, 15) is 14.4 Å². The van der Waals surface area contributed by atoms with E-state index in [4.69, 9.17) is 5.11 Å². The van der Waals surface area contributed by atoms with Gasteiger partial charge in [-0.2, -0.15) is 0 Å². The third-order valence-corrected chi connectivity index (χ3v) is 3.69. The third kappa shape index (κ3) is 4.20. The molecule has 0 unspecified atom stereocenters. The molecule has 7 heteroatoms. The van der Waals surface area contributed by atoms with Crippen molar-refractivity contribution in [3.63, 3.8) is 0 Å². The standard InChI is InChI=1S/C17H21N3O4/c1-19(2)15(22)8-5-12-3-6-13(7-4-12)18-14-11-16(23)20(9-10-21)17(14)24/h3-4,6-7,11,18,21H,5,8-10H2,1-2H3. The number of imide groups is 1. The quantitative estimate of drug-likeness (QED) is 0.704. The molecule has 2 rings (SSSR count). The van der Waals surface area contributed by atoms with E-state index in [0.717, 1.165) is 10.5 Å². The van der Waals surface area contributed by atoms with Gasteiger partial charge in [-0.3, -0.25) is 19.3 Å². The number of hydrogen-bond acceptors (Lipinski definition) is 5. The number of aliphatic hydroxyl groups excluding tert-OH is 1. The molecule has 2 N–H and O–H groups in total. The number of carbonyl (C=O) groups excluding carboxylic acids is 3. The number of hydrogen-bond donors (Lipinski definition) is 2. The largest absolute Gasteiger partial charge is 0.395 e. The second-order valence-corrected chi connectivity index (χ2v) is 5.69. The normalized spacial score (nSPS) is 14.0. The van der Waals surface area contributed by atoms with E-state index in [-0.39, 0.29) is 24.8 Å². The first-order valence-electron chi connectivity index (χ1n) is 7.67. The van der Waals surface area contributed by atoms with Gasteiger partial charge in [0.15, 0.2) is 0 Å². The minimum absolute atomic E-state index is 0.0157. The number of β-amino-alcohol motifs (C(OH)–C–C–N with tert-alkyl or cyclic N) is 1. The van der Waals surface area contributed by atoms with Crippen LogP contribution in [-0.4, -0.2) is 59.9 Å². The number of aliphatic hydroxyl groups is 1. The van der Waals surface area contributed by atoms with Gasteiger partial charge in [0.25, 0.3) is 11.8 Å². The van der Waals surface area contributed by atoms with Gasteiger partial charge in [0.2, 0.25) is 5.91 Å². The maximum atomic E-state index is 12.0. The summed E-state index contributed by atoms with van der Waals surface area (Å²) in [6.45, 7) is -0.281. The Morgan fingerprint density at radius 1 is 1.21 bits per heavy atom. The molecule has 0 saturated carbocycles. The number of amides is 3. The number of benzene rings is 1. The molecular formula is C17H21N3O4. The number of nitrogens with one attached hydrogen (secondary N) is 1. The Bertz CT molecular complexity index is 665. The highest BCUT2D eigenvalue weighted by Crippen LogP contribution is 2.18. The fourth-order valence-electron chi connectivity index (χ4n) is 2.30. The van der Waals surface area contributed by atoms with Crippen LogP contribution in [0.1, 0.15) is 12.0 Å². The zero-order valence-electron chi connectivity index (χ0n) is 13.8. The highest BCUT2D eigenvalue weighted by atomic mass is 16.3. The van der Waals surface area contributed by atoms with Gasteiger partial charge in [-0.05, 0) is 24.1 Å². The average molecular weight is 331 g/mol. The smallest absolute Gasteiger partial charge is 0.277 e. The van der Waals surface area contributed by atoms with Crippen LogP contribution in [-0.2, 0) is 20.8 Å². The molecule has 0 atom stereocenters.